The standard InChI is InChI=1S/C15H25NO4/c1-7-15(8-2)9-10(17)16(11(15)18)14(5,6)13(3,4)12(19)20/h7-9H2,1-6H3,(H,19,20). The summed E-state index contributed by atoms with van der Waals surface area (Å²) >= 11 is 0. The Kier molecular flexibility index (Phi) is 4.05. The zero-order valence-corrected chi connectivity index (χ0v) is 13.2. The molecule has 0 saturated carbocycles. The minimum absolute atomic E-state index is 0.179. The Balaban J connectivity index is 3.30. The number of carboxylic acid groups (broad SMARTS) is 1. The third-order valence-electron chi connectivity index (χ3n) is 5.37. The number of amides is 2. The molecule has 0 bridgehead atoms. The smallest absolute Gasteiger partial charge is 0.311 e. The highest BCUT2D eigenvalue weighted by Gasteiger charge is 2.59. The molecule has 0 aliphatic carbocycles. The van der Waals surface area contributed by atoms with Gasteiger partial charge in [0.15, 0.2) is 0 Å². The summed E-state index contributed by atoms with van der Waals surface area (Å²) < 4.78 is 0. The molecule has 0 aromatic carbocycles. The number of hydrogen-bond donors (Lipinski definition) is 1. The second-order valence-electron chi connectivity index (χ2n) is 6.69. The lowest BCUT2D eigenvalue weighted by Gasteiger charge is -2.44. The van der Waals surface area contributed by atoms with E-state index in [0.717, 1.165) is 0 Å². The van der Waals surface area contributed by atoms with Crippen LogP contribution in [0.5, 0.6) is 0 Å². The number of nitrogens with zero attached hydrogens (tertiary/aromatic N) is 1. The molecule has 20 heavy (non-hydrogen) atoms. The molecular weight excluding hydrogens is 258 g/mol. The van der Waals surface area contributed by atoms with Crippen molar-refractivity contribution >= 4 is 17.8 Å². The van der Waals surface area contributed by atoms with Gasteiger partial charge in [-0.1, -0.05) is 13.8 Å². The van der Waals surface area contributed by atoms with Gasteiger partial charge in [0, 0.05) is 6.42 Å². The van der Waals surface area contributed by atoms with Crippen molar-refractivity contribution < 1.29 is 19.5 Å². The lowest BCUT2D eigenvalue weighted by atomic mass is 9.73. The quantitative estimate of drug-likeness (QED) is 0.786. The molecule has 1 aliphatic rings. The molecule has 0 atom stereocenters. The van der Waals surface area contributed by atoms with Gasteiger partial charge in [-0.25, -0.2) is 0 Å². The number of likely N-dealkylation sites (tertiary alicyclic amines) is 1. The monoisotopic (exact) mass is 283 g/mol. The molecule has 1 fully saturated rings. The Bertz CT molecular complexity index is 447. The fraction of sp³-hybridized carbons (Fsp3) is 0.800. The van der Waals surface area contributed by atoms with Crippen molar-refractivity contribution in [3.63, 3.8) is 0 Å². The van der Waals surface area contributed by atoms with E-state index in [1.807, 2.05) is 13.8 Å². The van der Waals surface area contributed by atoms with Crippen LogP contribution in [0.4, 0.5) is 0 Å². The Hall–Kier alpha value is -1.39. The van der Waals surface area contributed by atoms with Crippen molar-refractivity contribution in [3.8, 4) is 0 Å². The fourth-order valence-electron chi connectivity index (χ4n) is 2.70. The van der Waals surface area contributed by atoms with Gasteiger partial charge >= 0.3 is 5.97 Å². The molecule has 114 valence electrons. The van der Waals surface area contributed by atoms with E-state index in [2.05, 4.69) is 0 Å². The lowest BCUT2D eigenvalue weighted by molar-refractivity contribution is -0.163. The van der Waals surface area contributed by atoms with Crippen LogP contribution in [0.2, 0.25) is 0 Å². The number of hydrogen-bond acceptors (Lipinski definition) is 3. The van der Waals surface area contributed by atoms with Crippen LogP contribution in [0.15, 0.2) is 0 Å². The Labute approximate surface area is 120 Å². The van der Waals surface area contributed by atoms with Crippen molar-refractivity contribution in [3.05, 3.63) is 0 Å². The minimum atomic E-state index is -1.21. The van der Waals surface area contributed by atoms with Crippen LogP contribution in [-0.2, 0) is 14.4 Å². The fourth-order valence-corrected chi connectivity index (χ4v) is 2.70. The first-order valence-corrected chi connectivity index (χ1v) is 7.09. The second kappa shape index (κ2) is 4.86. The van der Waals surface area contributed by atoms with Gasteiger partial charge in [0.1, 0.15) is 0 Å². The summed E-state index contributed by atoms with van der Waals surface area (Å²) in [4.78, 5) is 37.8. The maximum Gasteiger partial charge on any atom is 0.311 e. The Morgan fingerprint density at radius 3 is 1.95 bits per heavy atom. The van der Waals surface area contributed by atoms with Gasteiger partial charge in [-0.05, 0) is 40.5 Å². The normalized spacial score (nSPS) is 19.6. The zero-order chi connectivity index (χ0) is 15.9. The molecule has 1 heterocycles. The summed E-state index contributed by atoms with van der Waals surface area (Å²) in [7, 11) is 0. The van der Waals surface area contributed by atoms with Gasteiger partial charge in [0.05, 0.1) is 16.4 Å². The van der Waals surface area contributed by atoms with Gasteiger partial charge < -0.3 is 5.11 Å². The SMILES string of the molecule is CCC1(CC)CC(=O)N(C(C)(C)C(C)(C)C(=O)O)C1=O. The summed E-state index contributed by atoms with van der Waals surface area (Å²) in [6.07, 6.45) is 1.36. The summed E-state index contributed by atoms with van der Waals surface area (Å²) in [6, 6.07) is 0. The van der Waals surface area contributed by atoms with Gasteiger partial charge in [0.2, 0.25) is 11.8 Å². The van der Waals surface area contributed by atoms with Crippen molar-refractivity contribution in [2.75, 3.05) is 0 Å². The maximum absolute atomic E-state index is 12.7. The van der Waals surface area contributed by atoms with Crippen LogP contribution in [0, 0.1) is 10.8 Å². The first-order valence-electron chi connectivity index (χ1n) is 7.09. The molecule has 1 N–H and O–H groups in total. The molecule has 0 aromatic heterocycles. The van der Waals surface area contributed by atoms with Crippen LogP contribution in [0.3, 0.4) is 0 Å². The van der Waals surface area contributed by atoms with Crippen LogP contribution in [-0.4, -0.2) is 33.3 Å². The topological polar surface area (TPSA) is 74.7 Å². The van der Waals surface area contributed by atoms with Crippen molar-refractivity contribution in [2.24, 2.45) is 10.8 Å². The first kappa shape index (κ1) is 16.7. The van der Waals surface area contributed by atoms with Crippen molar-refractivity contribution in [1.29, 1.82) is 0 Å². The van der Waals surface area contributed by atoms with Gasteiger partial charge in [-0.15, -0.1) is 0 Å². The van der Waals surface area contributed by atoms with E-state index in [-0.39, 0.29) is 18.2 Å². The van der Waals surface area contributed by atoms with Crippen LogP contribution >= 0.6 is 0 Å². The summed E-state index contributed by atoms with van der Waals surface area (Å²) in [6.45, 7) is 10.2. The highest BCUT2D eigenvalue weighted by molar-refractivity contribution is 6.07. The van der Waals surface area contributed by atoms with Gasteiger partial charge in [0.25, 0.3) is 0 Å². The molecule has 1 saturated heterocycles. The van der Waals surface area contributed by atoms with Crippen LogP contribution < -0.4 is 0 Å². The maximum atomic E-state index is 12.7. The summed E-state index contributed by atoms with van der Waals surface area (Å²) in [5, 5.41) is 9.40. The van der Waals surface area contributed by atoms with E-state index in [1.54, 1.807) is 27.7 Å². The molecule has 1 rings (SSSR count). The minimum Gasteiger partial charge on any atom is -0.481 e. The molecule has 5 heteroatoms. The van der Waals surface area contributed by atoms with Gasteiger partial charge in [-0.3, -0.25) is 19.3 Å². The summed E-state index contributed by atoms with van der Waals surface area (Å²) in [5.74, 6) is -1.52. The number of carbonyl (C=O) groups excluding carboxylic acids is 2. The third-order valence-corrected chi connectivity index (χ3v) is 5.37. The Morgan fingerprint density at radius 1 is 1.20 bits per heavy atom. The molecule has 2 amide bonds. The van der Waals surface area contributed by atoms with E-state index >= 15 is 0 Å². The predicted octanol–water partition coefficient (Wildman–Crippen LogP) is 2.44. The average Bonchev–Trinajstić information content (AvgIpc) is 2.60. The first-order chi connectivity index (χ1) is 8.98. The van der Waals surface area contributed by atoms with Crippen LogP contribution in [0.25, 0.3) is 0 Å². The van der Waals surface area contributed by atoms with Crippen molar-refractivity contribution in [1.82, 2.24) is 4.90 Å². The molecule has 1 aliphatic heterocycles. The molecule has 0 spiro atoms. The van der Waals surface area contributed by atoms with E-state index in [9.17, 15) is 19.5 Å². The predicted molar refractivity (Wildman–Crippen MR) is 75.0 cm³/mol. The Morgan fingerprint density at radius 2 is 1.65 bits per heavy atom. The van der Waals surface area contributed by atoms with E-state index < -0.39 is 22.3 Å². The molecule has 0 radical (unpaired) electrons. The zero-order valence-electron chi connectivity index (χ0n) is 13.2. The third kappa shape index (κ3) is 2.03. The number of imide groups is 1. The highest BCUT2D eigenvalue weighted by Crippen LogP contribution is 2.46. The van der Waals surface area contributed by atoms with Gasteiger partial charge in [-0.2, -0.15) is 0 Å². The second-order valence-corrected chi connectivity index (χ2v) is 6.69. The average molecular weight is 283 g/mol. The molecular formula is C15H25NO4. The van der Waals surface area contributed by atoms with Crippen LogP contribution in [0.1, 0.15) is 60.8 Å². The van der Waals surface area contributed by atoms with E-state index in [0.29, 0.717) is 12.8 Å². The largest absolute Gasteiger partial charge is 0.481 e. The highest BCUT2D eigenvalue weighted by atomic mass is 16.4. The number of carboxylic acids is 1. The molecule has 0 unspecified atom stereocenters. The van der Waals surface area contributed by atoms with E-state index in [1.165, 1.54) is 4.90 Å². The molecule has 0 aromatic rings. The number of carbonyl (C=O) groups is 3. The lowest BCUT2D eigenvalue weighted by Crippen LogP contribution is -2.59. The number of rotatable bonds is 5. The molecule has 5 nitrogen and oxygen atoms in total. The van der Waals surface area contributed by atoms with E-state index in [4.69, 9.17) is 0 Å². The summed E-state index contributed by atoms with van der Waals surface area (Å²) in [5.41, 5.74) is -2.95. The number of aliphatic carboxylic acids is 1. The van der Waals surface area contributed by atoms with Crippen molar-refractivity contribution in [2.45, 2.75) is 66.3 Å².